The summed E-state index contributed by atoms with van der Waals surface area (Å²) >= 11 is 2.23. The standard InChI is InChI=1S/C31H33IN2O7/c1-36-27-11-9-22(16-28(27)37-2)41-26-10-8-21(15-24(26)32)39-13-4-5-14-40-30-18-25-23(17-29(30)38-3)31(35)34-12-6-7-20(34)19-33-25/h8-11,15-20H,4-7,12-14H2,1-3H3/t20-/m0/s1. The molecule has 10 heteroatoms. The molecule has 0 saturated carbocycles. The lowest BCUT2D eigenvalue weighted by atomic mass is 10.1. The van der Waals surface area contributed by atoms with Crippen molar-refractivity contribution in [1.82, 2.24) is 4.90 Å². The van der Waals surface area contributed by atoms with E-state index in [1.54, 1.807) is 39.5 Å². The molecule has 0 unspecified atom stereocenters. The van der Waals surface area contributed by atoms with Crippen LogP contribution in [0.2, 0.25) is 0 Å². The molecule has 0 spiro atoms. The highest BCUT2D eigenvalue weighted by molar-refractivity contribution is 14.1. The number of unbranched alkanes of at least 4 members (excludes halogenated alkanes) is 1. The Morgan fingerprint density at radius 1 is 0.829 bits per heavy atom. The lowest BCUT2D eigenvalue weighted by Crippen LogP contribution is -2.35. The Kier molecular flexibility index (Phi) is 9.38. The second-order valence-corrected chi connectivity index (χ2v) is 10.8. The molecule has 0 aliphatic carbocycles. The largest absolute Gasteiger partial charge is 0.494 e. The lowest BCUT2D eigenvalue weighted by Gasteiger charge is -2.20. The molecule has 1 saturated heterocycles. The van der Waals surface area contributed by atoms with E-state index in [1.165, 1.54) is 0 Å². The van der Waals surface area contributed by atoms with Gasteiger partial charge in [-0.25, -0.2) is 0 Å². The van der Waals surface area contributed by atoms with E-state index in [4.69, 9.17) is 28.4 Å². The quantitative estimate of drug-likeness (QED) is 0.157. The third-order valence-electron chi connectivity index (χ3n) is 7.01. The summed E-state index contributed by atoms with van der Waals surface area (Å²) in [4.78, 5) is 19.5. The van der Waals surface area contributed by atoms with Crippen LogP contribution < -0.4 is 28.4 Å². The summed E-state index contributed by atoms with van der Waals surface area (Å²) < 4.78 is 35.1. The highest BCUT2D eigenvalue weighted by Gasteiger charge is 2.32. The van der Waals surface area contributed by atoms with Crippen LogP contribution in [0.15, 0.2) is 53.5 Å². The zero-order valence-electron chi connectivity index (χ0n) is 23.4. The molecule has 0 radical (unpaired) electrons. The zero-order valence-corrected chi connectivity index (χ0v) is 25.5. The predicted molar refractivity (Wildman–Crippen MR) is 164 cm³/mol. The Morgan fingerprint density at radius 3 is 2.29 bits per heavy atom. The zero-order chi connectivity index (χ0) is 28.8. The highest BCUT2D eigenvalue weighted by Crippen LogP contribution is 2.38. The normalized spacial score (nSPS) is 15.6. The van der Waals surface area contributed by atoms with Gasteiger partial charge in [-0.05, 0) is 84.7 Å². The Balaban J connectivity index is 1.10. The third-order valence-corrected chi connectivity index (χ3v) is 7.85. The smallest absolute Gasteiger partial charge is 0.256 e. The highest BCUT2D eigenvalue weighted by atomic mass is 127. The Morgan fingerprint density at radius 2 is 1.54 bits per heavy atom. The second kappa shape index (κ2) is 13.3. The van der Waals surface area contributed by atoms with Gasteiger partial charge in [-0.15, -0.1) is 0 Å². The van der Waals surface area contributed by atoms with E-state index in [0.29, 0.717) is 53.2 Å². The molecule has 1 amide bonds. The molecule has 216 valence electrons. The summed E-state index contributed by atoms with van der Waals surface area (Å²) in [6.07, 6.45) is 5.42. The number of hydrogen-bond donors (Lipinski definition) is 0. The fourth-order valence-corrected chi connectivity index (χ4v) is 5.45. The molecule has 3 aromatic carbocycles. The molecule has 2 aliphatic heterocycles. The fraction of sp³-hybridized carbons (Fsp3) is 0.355. The first-order valence-electron chi connectivity index (χ1n) is 13.5. The number of benzene rings is 3. The molecule has 2 aliphatic rings. The minimum atomic E-state index is -0.00258. The maximum Gasteiger partial charge on any atom is 0.256 e. The first-order chi connectivity index (χ1) is 20.0. The SMILES string of the molecule is COc1ccc(Oc2ccc(OCCCCOc3cc4c(cc3OC)C(=O)N3CCC[C@H]3C=N4)cc2I)cc1OC. The van der Waals surface area contributed by atoms with Gasteiger partial charge in [-0.1, -0.05) is 0 Å². The van der Waals surface area contributed by atoms with Crippen molar-refractivity contribution >= 4 is 40.4 Å². The Hall–Kier alpha value is -3.67. The molecule has 5 rings (SSSR count). The maximum atomic E-state index is 13.0. The molecule has 1 fully saturated rings. The number of fused-ring (bicyclic) bond motifs is 2. The monoisotopic (exact) mass is 672 g/mol. The minimum Gasteiger partial charge on any atom is -0.494 e. The van der Waals surface area contributed by atoms with Crippen molar-refractivity contribution in [2.75, 3.05) is 41.1 Å². The summed E-state index contributed by atoms with van der Waals surface area (Å²) in [5, 5.41) is 0. The number of ether oxygens (including phenoxy) is 6. The number of rotatable bonds is 12. The molecular weight excluding hydrogens is 639 g/mol. The van der Waals surface area contributed by atoms with Gasteiger partial charge in [0.05, 0.1) is 55.4 Å². The van der Waals surface area contributed by atoms with Crippen LogP contribution in [0, 0.1) is 3.57 Å². The van der Waals surface area contributed by atoms with Crippen LogP contribution in [-0.2, 0) is 0 Å². The average Bonchev–Trinajstić information content (AvgIpc) is 3.42. The van der Waals surface area contributed by atoms with Gasteiger partial charge in [0.1, 0.15) is 17.2 Å². The van der Waals surface area contributed by atoms with Gasteiger partial charge >= 0.3 is 0 Å². The van der Waals surface area contributed by atoms with E-state index in [9.17, 15) is 4.79 Å². The first-order valence-corrected chi connectivity index (χ1v) is 14.6. The summed E-state index contributed by atoms with van der Waals surface area (Å²) in [7, 11) is 4.77. The van der Waals surface area contributed by atoms with Gasteiger partial charge in [0.15, 0.2) is 23.0 Å². The molecular formula is C31H33IN2O7. The second-order valence-electron chi connectivity index (χ2n) is 9.62. The number of aliphatic imine (C=N–C) groups is 1. The van der Waals surface area contributed by atoms with Gasteiger partial charge < -0.3 is 33.3 Å². The van der Waals surface area contributed by atoms with Crippen molar-refractivity contribution in [3.05, 3.63) is 57.7 Å². The van der Waals surface area contributed by atoms with Crippen LogP contribution in [0.3, 0.4) is 0 Å². The average molecular weight is 673 g/mol. The number of amides is 1. The van der Waals surface area contributed by atoms with E-state index < -0.39 is 0 Å². The van der Waals surface area contributed by atoms with Crippen LogP contribution >= 0.6 is 22.6 Å². The molecule has 0 aromatic heterocycles. The van der Waals surface area contributed by atoms with Crippen molar-refractivity contribution in [2.45, 2.75) is 31.7 Å². The van der Waals surface area contributed by atoms with Crippen molar-refractivity contribution in [3.63, 3.8) is 0 Å². The third kappa shape index (κ3) is 6.64. The molecule has 3 aromatic rings. The molecule has 9 nitrogen and oxygen atoms in total. The number of hydrogen-bond acceptors (Lipinski definition) is 8. The van der Waals surface area contributed by atoms with Crippen LogP contribution in [-0.4, -0.2) is 64.2 Å². The molecule has 0 bridgehead atoms. The summed E-state index contributed by atoms with van der Waals surface area (Å²) in [6.45, 7) is 1.79. The van der Waals surface area contributed by atoms with E-state index in [-0.39, 0.29) is 11.9 Å². The van der Waals surface area contributed by atoms with Crippen LogP contribution in [0.4, 0.5) is 5.69 Å². The van der Waals surface area contributed by atoms with Crippen molar-refractivity contribution in [2.24, 2.45) is 4.99 Å². The summed E-state index contributed by atoms with van der Waals surface area (Å²) in [6, 6.07) is 14.8. The lowest BCUT2D eigenvalue weighted by molar-refractivity contribution is 0.0774. The fourth-order valence-electron chi connectivity index (χ4n) is 4.86. The van der Waals surface area contributed by atoms with Gasteiger partial charge in [0.2, 0.25) is 0 Å². The van der Waals surface area contributed by atoms with E-state index >= 15 is 0 Å². The predicted octanol–water partition coefficient (Wildman–Crippen LogP) is 6.67. The van der Waals surface area contributed by atoms with E-state index in [1.807, 2.05) is 41.4 Å². The van der Waals surface area contributed by atoms with Gasteiger partial charge in [-0.3, -0.25) is 9.79 Å². The van der Waals surface area contributed by atoms with Crippen LogP contribution in [0.5, 0.6) is 40.2 Å². The number of carbonyl (C=O) groups excluding carboxylic acids is 1. The number of halogens is 1. The maximum absolute atomic E-state index is 13.0. The molecule has 41 heavy (non-hydrogen) atoms. The van der Waals surface area contributed by atoms with Crippen molar-refractivity contribution in [3.8, 4) is 40.2 Å². The first kappa shape index (κ1) is 28.8. The topological polar surface area (TPSA) is 88.1 Å². The number of nitrogens with zero attached hydrogens (tertiary/aromatic N) is 2. The Bertz CT molecular complexity index is 1430. The summed E-state index contributed by atoms with van der Waals surface area (Å²) in [5.41, 5.74) is 1.18. The van der Waals surface area contributed by atoms with E-state index in [2.05, 4.69) is 27.6 Å². The molecule has 1 atom stereocenters. The van der Waals surface area contributed by atoms with Gasteiger partial charge in [-0.2, -0.15) is 0 Å². The van der Waals surface area contributed by atoms with Crippen LogP contribution in [0.1, 0.15) is 36.0 Å². The summed E-state index contributed by atoms with van der Waals surface area (Å²) in [5.74, 6) is 4.51. The van der Waals surface area contributed by atoms with Gasteiger partial charge in [0, 0.05) is 24.9 Å². The minimum absolute atomic E-state index is 0.00258. The van der Waals surface area contributed by atoms with Crippen LogP contribution in [0.25, 0.3) is 0 Å². The molecule has 2 heterocycles. The van der Waals surface area contributed by atoms with Crippen molar-refractivity contribution < 1.29 is 33.2 Å². The number of carbonyl (C=O) groups is 1. The molecule has 0 N–H and O–H groups in total. The van der Waals surface area contributed by atoms with E-state index in [0.717, 1.165) is 47.3 Å². The number of methoxy groups -OCH3 is 3. The van der Waals surface area contributed by atoms with Crippen molar-refractivity contribution in [1.29, 1.82) is 0 Å². The Labute approximate surface area is 253 Å². The van der Waals surface area contributed by atoms with Gasteiger partial charge in [0.25, 0.3) is 5.91 Å².